The number of aryl methyl sites for hydroxylation is 2. The number of hydrogen-bond donors (Lipinski definition) is 1. The van der Waals surface area contributed by atoms with E-state index in [0.29, 0.717) is 5.41 Å². The lowest BCUT2D eigenvalue weighted by Crippen LogP contribution is -2.07. The van der Waals surface area contributed by atoms with Gasteiger partial charge in [-0.1, -0.05) is 51.0 Å². The maximum absolute atomic E-state index is 10.2. The summed E-state index contributed by atoms with van der Waals surface area (Å²) in [6.45, 7) is 10.9. The smallest absolute Gasteiger partial charge is 0.0792 e. The van der Waals surface area contributed by atoms with Crippen LogP contribution in [-0.2, 0) is 0 Å². The molecule has 0 aliphatic rings. The molecule has 0 heterocycles. The van der Waals surface area contributed by atoms with Gasteiger partial charge in [-0.25, -0.2) is 0 Å². The van der Waals surface area contributed by atoms with E-state index in [1.807, 2.05) is 0 Å². The van der Waals surface area contributed by atoms with Crippen LogP contribution in [0.1, 0.15) is 62.8 Å². The normalized spacial score (nSPS) is 13.8. The Bertz CT molecular complexity index is 360. The monoisotopic (exact) mass is 234 g/mol. The Labute approximate surface area is 106 Å². The van der Waals surface area contributed by atoms with E-state index in [2.05, 4.69) is 52.8 Å². The molecule has 1 aromatic carbocycles. The average Bonchev–Trinajstić information content (AvgIpc) is 2.19. The molecule has 0 fully saturated rings. The highest BCUT2D eigenvalue weighted by Crippen LogP contribution is 2.27. The molecule has 1 rings (SSSR count). The van der Waals surface area contributed by atoms with Crippen LogP contribution in [0.3, 0.4) is 0 Å². The molecule has 1 atom stereocenters. The second-order valence-corrected chi connectivity index (χ2v) is 6.33. The van der Waals surface area contributed by atoms with E-state index in [1.54, 1.807) is 0 Å². The molecule has 0 saturated carbocycles. The van der Waals surface area contributed by atoms with Crippen molar-refractivity contribution in [3.05, 3.63) is 34.9 Å². The third-order valence-electron chi connectivity index (χ3n) is 3.20. The summed E-state index contributed by atoms with van der Waals surface area (Å²) >= 11 is 0. The Balaban J connectivity index is 2.58. The van der Waals surface area contributed by atoms with Crippen molar-refractivity contribution in [3.8, 4) is 0 Å². The van der Waals surface area contributed by atoms with Crippen molar-refractivity contribution in [1.29, 1.82) is 0 Å². The van der Waals surface area contributed by atoms with Gasteiger partial charge in [-0.3, -0.25) is 0 Å². The Morgan fingerprint density at radius 2 is 1.82 bits per heavy atom. The van der Waals surface area contributed by atoms with Gasteiger partial charge >= 0.3 is 0 Å². The summed E-state index contributed by atoms with van der Waals surface area (Å²) in [5.41, 5.74) is 3.87. The highest BCUT2D eigenvalue weighted by Gasteiger charge is 2.14. The van der Waals surface area contributed by atoms with Crippen molar-refractivity contribution >= 4 is 0 Å². The highest BCUT2D eigenvalue weighted by molar-refractivity contribution is 5.32. The van der Waals surface area contributed by atoms with E-state index in [-0.39, 0.29) is 6.10 Å². The summed E-state index contributed by atoms with van der Waals surface area (Å²) in [7, 11) is 0. The zero-order valence-corrected chi connectivity index (χ0v) is 11.9. The minimum absolute atomic E-state index is 0.308. The van der Waals surface area contributed by atoms with Gasteiger partial charge in [0.25, 0.3) is 0 Å². The van der Waals surface area contributed by atoms with Crippen LogP contribution in [0.5, 0.6) is 0 Å². The van der Waals surface area contributed by atoms with Crippen molar-refractivity contribution in [3.63, 3.8) is 0 Å². The van der Waals surface area contributed by atoms with Crippen molar-refractivity contribution < 1.29 is 5.11 Å². The molecule has 1 N–H and O–H groups in total. The number of hydrogen-bond acceptors (Lipinski definition) is 1. The fourth-order valence-corrected chi connectivity index (χ4v) is 2.10. The predicted octanol–water partition coefficient (Wildman–Crippen LogP) is 4.55. The Kier molecular flexibility index (Phi) is 4.76. The Morgan fingerprint density at radius 3 is 2.41 bits per heavy atom. The zero-order valence-electron chi connectivity index (χ0n) is 11.9. The fraction of sp³-hybridized carbons (Fsp3) is 0.625. The molecule has 0 amide bonds. The van der Waals surface area contributed by atoms with E-state index in [0.717, 1.165) is 24.8 Å². The average molecular weight is 234 g/mol. The van der Waals surface area contributed by atoms with E-state index in [4.69, 9.17) is 0 Å². The molecule has 0 aliphatic heterocycles. The molecule has 17 heavy (non-hydrogen) atoms. The van der Waals surface area contributed by atoms with Crippen molar-refractivity contribution in [2.45, 2.75) is 60.0 Å². The zero-order chi connectivity index (χ0) is 13.1. The van der Waals surface area contributed by atoms with Gasteiger partial charge in [0.05, 0.1) is 6.10 Å². The fourth-order valence-electron chi connectivity index (χ4n) is 2.10. The third kappa shape index (κ3) is 4.91. The number of aliphatic hydroxyl groups excluding tert-OH is 1. The largest absolute Gasteiger partial charge is 0.388 e. The van der Waals surface area contributed by atoms with Gasteiger partial charge in [0.1, 0.15) is 0 Å². The molecule has 96 valence electrons. The molecule has 0 saturated heterocycles. The lowest BCUT2D eigenvalue weighted by atomic mass is 9.88. The number of rotatable bonds is 4. The van der Waals surface area contributed by atoms with Crippen LogP contribution in [0.25, 0.3) is 0 Å². The molecular weight excluding hydrogens is 208 g/mol. The van der Waals surface area contributed by atoms with E-state index in [1.165, 1.54) is 11.1 Å². The van der Waals surface area contributed by atoms with Crippen molar-refractivity contribution in [2.75, 3.05) is 0 Å². The first-order valence-corrected chi connectivity index (χ1v) is 6.55. The predicted molar refractivity (Wildman–Crippen MR) is 74.2 cm³/mol. The van der Waals surface area contributed by atoms with Crippen LogP contribution >= 0.6 is 0 Å². The van der Waals surface area contributed by atoms with Gasteiger partial charge in [0.15, 0.2) is 0 Å². The third-order valence-corrected chi connectivity index (χ3v) is 3.20. The van der Waals surface area contributed by atoms with E-state index in [9.17, 15) is 5.11 Å². The molecule has 1 aromatic rings. The first kappa shape index (κ1) is 14.2. The SMILES string of the molecule is Cc1ccc(C)c(C(O)CCCC(C)(C)C)c1. The maximum atomic E-state index is 10.2. The topological polar surface area (TPSA) is 20.2 Å². The Hall–Kier alpha value is -0.820. The van der Waals surface area contributed by atoms with Crippen LogP contribution in [0.2, 0.25) is 0 Å². The summed E-state index contributed by atoms with van der Waals surface area (Å²) < 4.78 is 0. The first-order valence-electron chi connectivity index (χ1n) is 6.55. The molecule has 1 nitrogen and oxygen atoms in total. The standard InChI is InChI=1S/C16H26O/c1-12-8-9-13(2)14(11-12)15(17)7-6-10-16(3,4)5/h8-9,11,15,17H,6-7,10H2,1-5H3. The van der Waals surface area contributed by atoms with Crippen LogP contribution in [0, 0.1) is 19.3 Å². The summed E-state index contributed by atoms with van der Waals surface area (Å²) in [4.78, 5) is 0. The molecule has 0 aromatic heterocycles. The molecule has 1 heteroatoms. The van der Waals surface area contributed by atoms with Crippen LogP contribution in [0.15, 0.2) is 18.2 Å². The van der Waals surface area contributed by atoms with E-state index >= 15 is 0 Å². The molecule has 0 spiro atoms. The minimum Gasteiger partial charge on any atom is -0.388 e. The maximum Gasteiger partial charge on any atom is 0.0792 e. The number of benzene rings is 1. The van der Waals surface area contributed by atoms with Crippen LogP contribution in [0.4, 0.5) is 0 Å². The van der Waals surface area contributed by atoms with Gasteiger partial charge in [-0.05, 0) is 43.2 Å². The summed E-state index contributed by atoms with van der Waals surface area (Å²) in [6, 6.07) is 6.30. The molecule has 0 bridgehead atoms. The second kappa shape index (κ2) is 5.68. The van der Waals surface area contributed by atoms with Gasteiger partial charge in [0.2, 0.25) is 0 Å². The van der Waals surface area contributed by atoms with Crippen LogP contribution < -0.4 is 0 Å². The van der Waals surface area contributed by atoms with Gasteiger partial charge < -0.3 is 5.11 Å². The summed E-state index contributed by atoms with van der Waals surface area (Å²) in [6.07, 6.45) is 2.80. The molecular formula is C16H26O. The van der Waals surface area contributed by atoms with Gasteiger partial charge in [-0.15, -0.1) is 0 Å². The molecule has 1 unspecified atom stereocenters. The Morgan fingerprint density at radius 1 is 1.18 bits per heavy atom. The highest BCUT2D eigenvalue weighted by atomic mass is 16.3. The van der Waals surface area contributed by atoms with Gasteiger partial charge in [-0.2, -0.15) is 0 Å². The summed E-state index contributed by atoms with van der Waals surface area (Å²) in [5, 5.41) is 10.2. The molecule has 0 aliphatic carbocycles. The van der Waals surface area contributed by atoms with Crippen molar-refractivity contribution in [1.82, 2.24) is 0 Å². The van der Waals surface area contributed by atoms with Crippen LogP contribution in [-0.4, -0.2) is 5.11 Å². The summed E-state index contributed by atoms with van der Waals surface area (Å²) in [5.74, 6) is 0. The first-order chi connectivity index (χ1) is 7.79. The minimum atomic E-state index is -0.308. The van der Waals surface area contributed by atoms with Gasteiger partial charge in [0, 0.05) is 0 Å². The van der Waals surface area contributed by atoms with Crippen molar-refractivity contribution in [2.24, 2.45) is 5.41 Å². The van der Waals surface area contributed by atoms with E-state index < -0.39 is 0 Å². The second-order valence-electron chi connectivity index (χ2n) is 6.33. The lowest BCUT2D eigenvalue weighted by molar-refractivity contribution is 0.157. The molecule has 0 radical (unpaired) electrons. The lowest BCUT2D eigenvalue weighted by Gasteiger charge is -2.20. The number of aliphatic hydroxyl groups is 1. The quantitative estimate of drug-likeness (QED) is 0.810.